The third-order valence-corrected chi connectivity index (χ3v) is 4.38. The third kappa shape index (κ3) is 4.68. The van der Waals surface area contributed by atoms with Gasteiger partial charge in [0.05, 0.1) is 12.2 Å². The number of anilines is 1. The molecule has 146 valence electrons. The van der Waals surface area contributed by atoms with Crippen LogP contribution in [0.5, 0.6) is 5.75 Å². The summed E-state index contributed by atoms with van der Waals surface area (Å²) in [6.45, 7) is 3.24. The minimum absolute atomic E-state index is 0.124. The molecule has 3 N–H and O–H groups in total. The van der Waals surface area contributed by atoms with Crippen molar-refractivity contribution in [2.45, 2.75) is 26.3 Å². The van der Waals surface area contributed by atoms with Crippen molar-refractivity contribution in [3.05, 3.63) is 59.2 Å². The Morgan fingerprint density at radius 3 is 2.82 bits per heavy atom. The topological polar surface area (TPSA) is 96.5 Å². The van der Waals surface area contributed by atoms with Gasteiger partial charge in [0.2, 0.25) is 5.91 Å². The molecule has 0 radical (unpaired) electrons. The smallest absolute Gasteiger partial charge is 0.255 e. The molecular formula is C21H23N3O4. The molecular weight excluding hydrogens is 358 g/mol. The zero-order chi connectivity index (χ0) is 19.9. The van der Waals surface area contributed by atoms with Gasteiger partial charge in [0, 0.05) is 30.8 Å². The lowest BCUT2D eigenvalue weighted by Gasteiger charge is -2.10. The van der Waals surface area contributed by atoms with Crippen LogP contribution in [0.2, 0.25) is 0 Å². The van der Waals surface area contributed by atoms with Gasteiger partial charge in [-0.15, -0.1) is 0 Å². The van der Waals surface area contributed by atoms with Crippen LogP contribution in [0, 0.1) is 0 Å². The molecule has 0 unspecified atom stereocenters. The summed E-state index contributed by atoms with van der Waals surface area (Å²) >= 11 is 0. The van der Waals surface area contributed by atoms with E-state index in [1.807, 2.05) is 19.1 Å². The van der Waals surface area contributed by atoms with E-state index in [0.29, 0.717) is 48.7 Å². The SMILES string of the molecule is CCOc1ccccc1C(=O)NCCCC(=O)Nc1ccc2c(c1)C(=O)NC2. The lowest BCUT2D eigenvalue weighted by molar-refractivity contribution is -0.116. The number of para-hydroxylation sites is 1. The summed E-state index contributed by atoms with van der Waals surface area (Å²) < 4.78 is 5.45. The normalized spacial score (nSPS) is 12.1. The van der Waals surface area contributed by atoms with Crippen molar-refractivity contribution >= 4 is 23.4 Å². The van der Waals surface area contributed by atoms with Crippen molar-refractivity contribution in [1.82, 2.24) is 10.6 Å². The molecule has 0 saturated carbocycles. The first-order valence-corrected chi connectivity index (χ1v) is 9.29. The lowest BCUT2D eigenvalue weighted by Crippen LogP contribution is -2.26. The Hall–Kier alpha value is -3.35. The fourth-order valence-electron chi connectivity index (χ4n) is 3.00. The molecule has 1 aliphatic heterocycles. The summed E-state index contributed by atoms with van der Waals surface area (Å²) in [4.78, 5) is 36.1. The number of amides is 3. The average Bonchev–Trinajstić information content (AvgIpc) is 3.06. The van der Waals surface area contributed by atoms with E-state index in [2.05, 4.69) is 16.0 Å². The molecule has 0 fully saturated rings. The monoisotopic (exact) mass is 381 g/mol. The van der Waals surface area contributed by atoms with Crippen molar-refractivity contribution in [3.8, 4) is 5.75 Å². The number of carbonyl (C=O) groups is 3. The molecule has 0 saturated heterocycles. The first-order valence-electron chi connectivity index (χ1n) is 9.29. The summed E-state index contributed by atoms with van der Waals surface area (Å²) in [5, 5.41) is 8.33. The Balaban J connectivity index is 1.44. The molecule has 0 atom stereocenters. The maximum atomic E-state index is 12.3. The second-order valence-corrected chi connectivity index (χ2v) is 6.39. The fraction of sp³-hybridized carbons (Fsp3) is 0.286. The van der Waals surface area contributed by atoms with E-state index in [-0.39, 0.29) is 24.1 Å². The average molecular weight is 381 g/mol. The van der Waals surface area contributed by atoms with Crippen LogP contribution >= 0.6 is 0 Å². The minimum atomic E-state index is -0.228. The summed E-state index contributed by atoms with van der Waals surface area (Å²) in [6, 6.07) is 12.3. The van der Waals surface area contributed by atoms with Crippen LogP contribution < -0.4 is 20.7 Å². The van der Waals surface area contributed by atoms with Gasteiger partial charge in [0.1, 0.15) is 5.75 Å². The zero-order valence-electron chi connectivity index (χ0n) is 15.7. The van der Waals surface area contributed by atoms with Gasteiger partial charge in [-0.2, -0.15) is 0 Å². The molecule has 7 nitrogen and oxygen atoms in total. The predicted octanol–water partition coefficient (Wildman–Crippen LogP) is 2.48. The standard InChI is InChI=1S/C21H23N3O4/c1-2-28-18-7-4-3-6-16(18)20(26)22-11-5-8-19(25)24-15-10-9-14-13-23-21(27)17(14)12-15/h3-4,6-7,9-10,12H,2,5,8,11,13H2,1H3,(H,22,26)(H,23,27)(H,24,25). The van der Waals surface area contributed by atoms with Gasteiger partial charge < -0.3 is 20.7 Å². The van der Waals surface area contributed by atoms with Crippen molar-refractivity contribution in [3.63, 3.8) is 0 Å². The van der Waals surface area contributed by atoms with E-state index in [0.717, 1.165) is 5.56 Å². The first-order chi connectivity index (χ1) is 13.6. The lowest BCUT2D eigenvalue weighted by atomic mass is 10.1. The Labute approximate surface area is 163 Å². The van der Waals surface area contributed by atoms with Crippen molar-refractivity contribution in [1.29, 1.82) is 0 Å². The van der Waals surface area contributed by atoms with Gasteiger partial charge in [-0.3, -0.25) is 14.4 Å². The largest absolute Gasteiger partial charge is 0.493 e. The van der Waals surface area contributed by atoms with Crippen LogP contribution in [0.15, 0.2) is 42.5 Å². The highest BCUT2D eigenvalue weighted by atomic mass is 16.5. The maximum absolute atomic E-state index is 12.3. The number of hydrogen-bond acceptors (Lipinski definition) is 4. The van der Waals surface area contributed by atoms with Crippen LogP contribution in [0.4, 0.5) is 5.69 Å². The molecule has 0 aliphatic carbocycles. The molecule has 1 heterocycles. The van der Waals surface area contributed by atoms with E-state index >= 15 is 0 Å². The van der Waals surface area contributed by atoms with Gasteiger partial charge in [-0.1, -0.05) is 18.2 Å². The van der Waals surface area contributed by atoms with Crippen LogP contribution in [0.1, 0.15) is 46.0 Å². The predicted molar refractivity (Wildman–Crippen MR) is 105 cm³/mol. The number of hydrogen-bond donors (Lipinski definition) is 3. The van der Waals surface area contributed by atoms with Crippen molar-refractivity contribution in [2.24, 2.45) is 0 Å². The number of nitrogens with one attached hydrogen (secondary N) is 3. The molecule has 7 heteroatoms. The van der Waals surface area contributed by atoms with Gasteiger partial charge in [0.25, 0.3) is 11.8 Å². The maximum Gasteiger partial charge on any atom is 0.255 e. The third-order valence-electron chi connectivity index (χ3n) is 4.38. The highest BCUT2D eigenvalue weighted by molar-refractivity contribution is 6.00. The molecule has 1 aliphatic rings. The van der Waals surface area contributed by atoms with E-state index in [9.17, 15) is 14.4 Å². The first kappa shape index (κ1) is 19.4. The van der Waals surface area contributed by atoms with E-state index in [4.69, 9.17) is 4.74 Å². The number of benzene rings is 2. The van der Waals surface area contributed by atoms with Crippen LogP contribution in [-0.4, -0.2) is 30.9 Å². The molecule has 0 bridgehead atoms. The van der Waals surface area contributed by atoms with E-state index in [1.54, 1.807) is 30.3 Å². The molecule has 28 heavy (non-hydrogen) atoms. The highest BCUT2D eigenvalue weighted by Gasteiger charge is 2.19. The molecule has 2 aromatic carbocycles. The number of carbonyl (C=O) groups excluding carboxylic acids is 3. The second kappa shape index (κ2) is 9.03. The van der Waals surface area contributed by atoms with Crippen molar-refractivity contribution < 1.29 is 19.1 Å². The number of fused-ring (bicyclic) bond motifs is 1. The molecule has 2 aromatic rings. The van der Waals surface area contributed by atoms with Crippen LogP contribution in [0.25, 0.3) is 0 Å². The summed E-state index contributed by atoms with van der Waals surface area (Å²) in [7, 11) is 0. The van der Waals surface area contributed by atoms with Gasteiger partial charge in [-0.25, -0.2) is 0 Å². The molecule has 0 spiro atoms. The molecule has 0 aromatic heterocycles. The Kier molecular flexibility index (Phi) is 6.26. The molecule has 3 rings (SSSR count). The second-order valence-electron chi connectivity index (χ2n) is 6.39. The van der Waals surface area contributed by atoms with E-state index in [1.165, 1.54) is 0 Å². The Morgan fingerprint density at radius 2 is 2.00 bits per heavy atom. The summed E-state index contributed by atoms with van der Waals surface area (Å²) in [6.07, 6.45) is 0.760. The van der Waals surface area contributed by atoms with Gasteiger partial charge in [0.15, 0.2) is 0 Å². The summed E-state index contributed by atoms with van der Waals surface area (Å²) in [5.74, 6) is 0.0263. The Bertz CT molecular complexity index is 895. The van der Waals surface area contributed by atoms with Gasteiger partial charge in [-0.05, 0) is 43.2 Å². The highest BCUT2D eigenvalue weighted by Crippen LogP contribution is 2.20. The zero-order valence-corrected chi connectivity index (χ0v) is 15.7. The van der Waals surface area contributed by atoms with Gasteiger partial charge >= 0.3 is 0 Å². The van der Waals surface area contributed by atoms with E-state index < -0.39 is 0 Å². The van der Waals surface area contributed by atoms with Crippen LogP contribution in [-0.2, 0) is 11.3 Å². The summed E-state index contributed by atoms with van der Waals surface area (Å²) in [5.41, 5.74) is 2.59. The van der Waals surface area contributed by atoms with Crippen LogP contribution in [0.3, 0.4) is 0 Å². The quantitative estimate of drug-likeness (QED) is 0.612. The Morgan fingerprint density at radius 1 is 1.18 bits per heavy atom. The number of rotatable bonds is 8. The number of ether oxygens (including phenoxy) is 1. The molecule has 3 amide bonds. The van der Waals surface area contributed by atoms with Crippen molar-refractivity contribution in [2.75, 3.05) is 18.5 Å². The fourth-order valence-corrected chi connectivity index (χ4v) is 3.00. The minimum Gasteiger partial charge on any atom is -0.493 e.